The van der Waals surface area contributed by atoms with Gasteiger partial charge in [-0.05, 0) is 136 Å². The van der Waals surface area contributed by atoms with E-state index in [2.05, 4.69) is 143 Å². The lowest BCUT2D eigenvalue weighted by molar-refractivity contribution is 1.06. The summed E-state index contributed by atoms with van der Waals surface area (Å²) in [4.78, 5) is 31.8. The minimum Gasteiger partial charge on any atom is -0.309 e. The first kappa shape index (κ1) is 59.2. The molecule has 0 aliphatic carbocycles. The molecule has 17 aromatic rings. The molecule has 13 aromatic carbocycles. The van der Waals surface area contributed by atoms with Gasteiger partial charge in [-0.25, -0.2) is 29.9 Å². The molecule has 17 rings (SSSR count). The van der Waals surface area contributed by atoms with Crippen molar-refractivity contribution in [2.45, 2.75) is 0 Å². The summed E-state index contributed by atoms with van der Waals surface area (Å²) in [7, 11) is 0. The van der Waals surface area contributed by atoms with Crippen LogP contribution in [0.4, 0.5) is 0 Å². The zero-order valence-electron chi connectivity index (χ0n) is 53.2. The lowest BCUT2D eigenvalue weighted by atomic mass is 9.95. The highest BCUT2D eigenvalue weighted by atomic mass is 15.1. The van der Waals surface area contributed by atoms with Crippen LogP contribution in [0.25, 0.3) is 168 Å². The molecule has 0 fully saturated rings. The Morgan fingerprint density at radius 1 is 0.210 bits per heavy atom. The molecule has 462 valence electrons. The van der Waals surface area contributed by atoms with Crippen molar-refractivity contribution in [3.8, 4) is 148 Å². The van der Waals surface area contributed by atoms with Crippen LogP contribution in [0.5, 0.6) is 0 Å². The summed E-state index contributed by atoms with van der Waals surface area (Å²) >= 11 is 0. The number of hydrogen-bond acceptors (Lipinski definition) is 10. The van der Waals surface area contributed by atoms with Crippen molar-refractivity contribution < 1.29 is 0 Å². The minimum absolute atomic E-state index is 0.423. The SMILES string of the molecule is N#Cc1ccc(-c2ccc3c(c2)c2ccccc2n3-c2ccc(-c3cccc(-c4ccc(-n5c6ccccc6c6cc(-c7ccc(C#N)cc7C#N)ccc65)c(-c5nc(-c6ccccc6)nc(-c6ccccc6)n5)c4)c3)cc2-c2nc(-c3ccccc3)nc(-c3ccccc3)n2)c(C#N)c1. The molecule has 12 nitrogen and oxygen atoms in total. The largest absolute Gasteiger partial charge is 0.309 e. The van der Waals surface area contributed by atoms with E-state index in [1.165, 1.54) is 0 Å². The Morgan fingerprint density at radius 2 is 0.530 bits per heavy atom. The van der Waals surface area contributed by atoms with Crippen molar-refractivity contribution in [1.82, 2.24) is 39.0 Å². The van der Waals surface area contributed by atoms with Gasteiger partial charge in [0.15, 0.2) is 34.9 Å². The van der Waals surface area contributed by atoms with Crippen LogP contribution < -0.4 is 0 Å². The Labute approximate surface area is 574 Å². The average molecular weight is 1280 g/mol. The quantitative estimate of drug-likeness (QED) is 0.114. The van der Waals surface area contributed by atoms with E-state index in [4.69, 9.17) is 29.9 Å². The van der Waals surface area contributed by atoms with E-state index in [9.17, 15) is 21.0 Å². The smallest absolute Gasteiger partial charge is 0.166 e. The molecule has 0 aliphatic rings. The van der Waals surface area contributed by atoms with Gasteiger partial charge in [-0.1, -0.05) is 212 Å². The van der Waals surface area contributed by atoms with Crippen LogP contribution in [0, 0.1) is 45.3 Å². The summed E-state index contributed by atoms with van der Waals surface area (Å²) in [6, 6.07) is 110. The van der Waals surface area contributed by atoms with Crippen LogP contribution in [-0.4, -0.2) is 39.0 Å². The fraction of sp³-hybridized carbons (Fsp3) is 0. The van der Waals surface area contributed by atoms with Crippen LogP contribution >= 0.6 is 0 Å². The van der Waals surface area contributed by atoms with E-state index in [0.717, 1.165) is 133 Å². The van der Waals surface area contributed by atoms with Gasteiger partial charge < -0.3 is 9.13 Å². The lowest BCUT2D eigenvalue weighted by Crippen LogP contribution is -2.04. The van der Waals surface area contributed by atoms with Gasteiger partial charge in [-0.3, -0.25) is 0 Å². The van der Waals surface area contributed by atoms with Crippen LogP contribution in [-0.2, 0) is 0 Å². The maximum absolute atomic E-state index is 10.3. The molecule has 0 unspecified atom stereocenters. The molecule has 0 N–H and O–H groups in total. The Hall–Kier alpha value is -14.6. The second kappa shape index (κ2) is 25.0. The first-order valence-electron chi connectivity index (χ1n) is 32.5. The number of nitriles is 4. The highest BCUT2D eigenvalue weighted by Crippen LogP contribution is 2.44. The molecule has 0 saturated carbocycles. The molecule has 12 heteroatoms. The Morgan fingerprint density at radius 3 is 0.900 bits per heavy atom. The molecule has 0 saturated heterocycles. The third-order valence-electron chi connectivity index (χ3n) is 18.4. The van der Waals surface area contributed by atoms with Gasteiger partial charge in [-0.15, -0.1) is 0 Å². The number of hydrogen-bond donors (Lipinski definition) is 0. The van der Waals surface area contributed by atoms with E-state index >= 15 is 0 Å². The van der Waals surface area contributed by atoms with E-state index in [1.54, 1.807) is 24.3 Å². The van der Waals surface area contributed by atoms with Gasteiger partial charge in [0, 0.05) is 54.9 Å². The van der Waals surface area contributed by atoms with E-state index in [-0.39, 0.29) is 0 Å². The van der Waals surface area contributed by atoms with Crippen molar-refractivity contribution in [2.24, 2.45) is 0 Å². The first-order valence-corrected chi connectivity index (χ1v) is 32.5. The highest BCUT2D eigenvalue weighted by Gasteiger charge is 2.25. The summed E-state index contributed by atoms with van der Waals surface area (Å²) in [6.07, 6.45) is 0. The number of rotatable bonds is 12. The summed E-state index contributed by atoms with van der Waals surface area (Å²) in [6.45, 7) is 0. The van der Waals surface area contributed by atoms with Gasteiger partial charge in [0.25, 0.3) is 0 Å². The van der Waals surface area contributed by atoms with Crippen molar-refractivity contribution in [3.05, 3.63) is 326 Å². The van der Waals surface area contributed by atoms with E-state index < -0.39 is 0 Å². The molecule has 4 heterocycles. The fourth-order valence-electron chi connectivity index (χ4n) is 13.6. The highest BCUT2D eigenvalue weighted by molar-refractivity contribution is 6.12. The van der Waals surface area contributed by atoms with Gasteiger partial charge >= 0.3 is 0 Å². The fourth-order valence-corrected chi connectivity index (χ4v) is 13.6. The van der Waals surface area contributed by atoms with Gasteiger partial charge in [0.1, 0.15) is 0 Å². The second-order valence-corrected chi connectivity index (χ2v) is 24.3. The summed E-state index contributed by atoms with van der Waals surface area (Å²) in [5.74, 6) is 3.05. The molecule has 0 radical (unpaired) electrons. The van der Waals surface area contributed by atoms with Crippen molar-refractivity contribution in [3.63, 3.8) is 0 Å². The van der Waals surface area contributed by atoms with E-state index in [1.807, 2.05) is 170 Å². The number of nitrogens with zero attached hydrogens (tertiary/aromatic N) is 12. The van der Waals surface area contributed by atoms with Crippen molar-refractivity contribution >= 4 is 43.6 Å². The molecule has 0 bridgehead atoms. The van der Waals surface area contributed by atoms with Crippen LogP contribution in [0.2, 0.25) is 0 Å². The monoisotopic (exact) mass is 1270 g/mol. The first-order chi connectivity index (χ1) is 49.4. The Balaban J connectivity index is 0.869. The number of aromatic nitrogens is 8. The topological polar surface area (TPSA) is 182 Å². The predicted octanol–water partition coefficient (Wildman–Crippen LogP) is 20.4. The number of fused-ring (bicyclic) bond motifs is 6. The number of benzene rings is 13. The second-order valence-electron chi connectivity index (χ2n) is 24.3. The molecule has 0 amide bonds. The van der Waals surface area contributed by atoms with Crippen molar-refractivity contribution in [2.75, 3.05) is 0 Å². The molecule has 100 heavy (non-hydrogen) atoms. The van der Waals surface area contributed by atoms with Crippen LogP contribution in [0.1, 0.15) is 22.3 Å². The molecule has 4 aromatic heterocycles. The summed E-state index contributed by atoms with van der Waals surface area (Å²) in [5, 5.41) is 44.1. The summed E-state index contributed by atoms with van der Waals surface area (Å²) in [5.41, 5.74) is 18.9. The third kappa shape index (κ3) is 10.6. The normalized spacial score (nSPS) is 11.2. The molecule has 0 atom stereocenters. The van der Waals surface area contributed by atoms with Gasteiger partial charge in [0.05, 0.1) is 80.0 Å². The van der Waals surface area contributed by atoms with Gasteiger partial charge in [0.2, 0.25) is 0 Å². The maximum Gasteiger partial charge on any atom is 0.166 e. The number of para-hydroxylation sites is 2. The maximum atomic E-state index is 10.3. The average Bonchev–Trinajstić information content (AvgIpc) is 1.57. The van der Waals surface area contributed by atoms with E-state index in [0.29, 0.717) is 57.2 Å². The predicted molar refractivity (Wildman–Crippen MR) is 395 cm³/mol. The lowest BCUT2D eigenvalue weighted by Gasteiger charge is -2.17. The van der Waals surface area contributed by atoms with Crippen LogP contribution in [0.15, 0.2) is 303 Å². The molecule has 0 aliphatic heterocycles. The Kier molecular flexibility index (Phi) is 14.8. The molecular formula is C88H50N12. The van der Waals surface area contributed by atoms with Crippen LogP contribution in [0.3, 0.4) is 0 Å². The summed E-state index contributed by atoms with van der Waals surface area (Å²) < 4.78 is 4.55. The minimum atomic E-state index is 0.423. The van der Waals surface area contributed by atoms with Crippen molar-refractivity contribution in [1.29, 1.82) is 21.0 Å². The molecule has 0 spiro atoms. The molecular weight excluding hydrogens is 1230 g/mol. The third-order valence-corrected chi connectivity index (χ3v) is 18.4. The van der Waals surface area contributed by atoms with Gasteiger partial charge in [-0.2, -0.15) is 21.0 Å². The zero-order chi connectivity index (χ0) is 67.2. The Bertz CT molecular complexity index is 5830. The standard InChI is InChI=1S/C88H50N12/c89-51-55-32-38-69(67(44-55)53-91)65-36-42-79-73(49-65)71-28-13-15-30-77(71)99(79)81-40-34-63(47-75(81)87-95-83(57-18-5-1-6-19-57)93-84(96-87)58-20-7-2-8-21-58)61-26-17-27-62(46-61)64-35-41-82(76(48-64)88-97-85(59-22-9-3-10-23-59)94-86(98-88)60-24-11-4-12-25-60)100-78-31-16-14-29-72(78)74-50-66(37-43-80(74)100)70-39-33-56(52-90)45-68(70)54-92/h1-50H. The zero-order valence-corrected chi connectivity index (χ0v) is 53.2.